The normalized spacial score (nSPS) is 17.5. The molecule has 0 saturated carbocycles. The largest absolute Gasteiger partial charge is 0.490 e. The zero-order valence-corrected chi connectivity index (χ0v) is 21.0. The van der Waals surface area contributed by atoms with Crippen LogP contribution in [0, 0.1) is 0 Å². The highest BCUT2D eigenvalue weighted by atomic mass is 16.5. The number of nitrogens with one attached hydrogen (secondary N) is 2. The molecular formula is C27H38N4O5. The van der Waals surface area contributed by atoms with E-state index in [1.165, 1.54) is 0 Å². The fraction of sp³-hybridized carbons (Fsp3) is 0.519. The maximum atomic E-state index is 9.53. The van der Waals surface area contributed by atoms with Gasteiger partial charge in [-0.15, -0.1) is 0 Å². The summed E-state index contributed by atoms with van der Waals surface area (Å²) >= 11 is 0. The number of nitrogens with zero attached hydrogens (tertiary/aromatic N) is 2. The van der Waals surface area contributed by atoms with Crippen molar-refractivity contribution in [3.8, 4) is 11.5 Å². The summed E-state index contributed by atoms with van der Waals surface area (Å²) in [7, 11) is 0. The Balaban J connectivity index is 1.47. The van der Waals surface area contributed by atoms with Crippen LogP contribution in [0.2, 0.25) is 0 Å². The van der Waals surface area contributed by atoms with Crippen molar-refractivity contribution in [2.75, 3.05) is 44.8 Å². The Labute approximate surface area is 212 Å². The predicted molar refractivity (Wildman–Crippen MR) is 140 cm³/mol. The maximum Gasteiger partial charge on any atom is 0.206 e. The van der Waals surface area contributed by atoms with E-state index in [1.807, 2.05) is 42.5 Å². The Morgan fingerprint density at radius 1 is 1.06 bits per heavy atom. The lowest BCUT2D eigenvalue weighted by Gasteiger charge is -2.18. The Morgan fingerprint density at radius 3 is 2.72 bits per heavy atom. The molecule has 9 heteroatoms. The molecule has 3 aromatic rings. The summed E-state index contributed by atoms with van der Waals surface area (Å²) in [4.78, 5) is 4.82. The van der Waals surface area contributed by atoms with Gasteiger partial charge >= 0.3 is 0 Å². The number of rotatable bonds is 15. The van der Waals surface area contributed by atoms with E-state index < -0.39 is 0 Å². The van der Waals surface area contributed by atoms with Crippen LogP contribution in [0.5, 0.6) is 11.5 Å². The van der Waals surface area contributed by atoms with Gasteiger partial charge in [-0.25, -0.2) is 4.98 Å². The van der Waals surface area contributed by atoms with E-state index in [0.717, 1.165) is 66.3 Å². The quantitative estimate of drug-likeness (QED) is 0.236. The lowest BCUT2D eigenvalue weighted by atomic mass is 10.2. The number of anilines is 1. The Bertz CT molecular complexity index is 1090. The van der Waals surface area contributed by atoms with Gasteiger partial charge in [0.15, 0.2) is 11.5 Å². The van der Waals surface area contributed by atoms with Gasteiger partial charge in [-0.05, 0) is 62.1 Å². The lowest BCUT2D eigenvalue weighted by molar-refractivity contribution is -0.0195. The minimum absolute atomic E-state index is 0.0264. The number of hydrogen-bond donors (Lipinski definition) is 4. The molecule has 0 amide bonds. The third kappa shape index (κ3) is 6.67. The lowest BCUT2D eigenvalue weighted by Crippen LogP contribution is -2.21. The minimum Gasteiger partial charge on any atom is -0.490 e. The van der Waals surface area contributed by atoms with E-state index in [4.69, 9.17) is 24.3 Å². The molecule has 4 rings (SSSR count). The summed E-state index contributed by atoms with van der Waals surface area (Å²) < 4.78 is 20.1. The fourth-order valence-corrected chi connectivity index (χ4v) is 4.34. The molecule has 1 aromatic heterocycles. The van der Waals surface area contributed by atoms with Crippen molar-refractivity contribution in [3.05, 3.63) is 48.0 Å². The molecule has 196 valence electrons. The number of fused-ring (bicyclic) bond motifs is 1. The summed E-state index contributed by atoms with van der Waals surface area (Å²) in [5.74, 6) is 2.21. The van der Waals surface area contributed by atoms with Crippen LogP contribution in [-0.2, 0) is 11.3 Å². The van der Waals surface area contributed by atoms with Crippen LogP contribution in [-0.4, -0.2) is 65.4 Å². The summed E-state index contributed by atoms with van der Waals surface area (Å²) in [6.45, 7) is 5.35. The molecule has 0 unspecified atom stereocenters. The van der Waals surface area contributed by atoms with Crippen molar-refractivity contribution in [2.24, 2.45) is 0 Å². The number of aromatic nitrogens is 2. The monoisotopic (exact) mass is 498 g/mol. The molecular weight excluding hydrogens is 460 g/mol. The third-order valence-electron chi connectivity index (χ3n) is 6.14. The van der Waals surface area contributed by atoms with Gasteiger partial charge in [0.1, 0.15) is 6.23 Å². The molecule has 1 fully saturated rings. The molecule has 0 bridgehead atoms. The van der Waals surface area contributed by atoms with Crippen molar-refractivity contribution in [3.63, 3.8) is 0 Å². The Morgan fingerprint density at radius 2 is 1.92 bits per heavy atom. The summed E-state index contributed by atoms with van der Waals surface area (Å²) in [5.41, 5.74) is 2.95. The SMILES string of the molecule is CCCOc1ccc(CNc2nc3ccccc3n2[C@H]2CC[C@@H](CO)O2)cc1OCCCNCCO. The summed E-state index contributed by atoms with van der Waals surface area (Å²) in [6, 6.07) is 14.0. The van der Waals surface area contributed by atoms with Crippen molar-refractivity contribution >= 4 is 17.0 Å². The Kier molecular flexibility index (Phi) is 9.80. The molecule has 0 radical (unpaired) electrons. The molecule has 1 saturated heterocycles. The zero-order valence-electron chi connectivity index (χ0n) is 21.0. The second kappa shape index (κ2) is 13.5. The molecule has 4 N–H and O–H groups in total. The first kappa shape index (κ1) is 26.2. The van der Waals surface area contributed by atoms with Crippen molar-refractivity contribution in [2.45, 2.75) is 51.5 Å². The van der Waals surface area contributed by atoms with Gasteiger partial charge in [0, 0.05) is 13.1 Å². The average Bonchev–Trinajstić information content (AvgIpc) is 3.53. The van der Waals surface area contributed by atoms with Crippen LogP contribution in [0.1, 0.15) is 44.4 Å². The number of para-hydroxylation sites is 2. The molecule has 36 heavy (non-hydrogen) atoms. The highest BCUT2D eigenvalue weighted by molar-refractivity contribution is 5.78. The molecule has 2 atom stereocenters. The topological polar surface area (TPSA) is 110 Å². The second-order valence-corrected chi connectivity index (χ2v) is 8.93. The van der Waals surface area contributed by atoms with Crippen LogP contribution in [0.4, 0.5) is 5.95 Å². The Hall–Kier alpha value is -2.85. The maximum absolute atomic E-state index is 9.53. The van der Waals surface area contributed by atoms with E-state index in [1.54, 1.807) is 0 Å². The van der Waals surface area contributed by atoms with E-state index >= 15 is 0 Å². The van der Waals surface area contributed by atoms with Crippen molar-refractivity contribution in [1.29, 1.82) is 0 Å². The van der Waals surface area contributed by atoms with Gasteiger partial charge in [-0.1, -0.05) is 25.1 Å². The molecule has 0 aliphatic carbocycles. The van der Waals surface area contributed by atoms with E-state index in [0.29, 0.717) is 26.3 Å². The van der Waals surface area contributed by atoms with E-state index in [9.17, 15) is 5.11 Å². The predicted octanol–water partition coefficient (Wildman–Crippen LogP) is 3.46. The van der Waals surface area contributed by atoms with Crippen LogP contribution in [0.25, 0.3) is 11.0 Å². The number of aliphatic hydroxyl groups is 2. The van der Waals surface area contributed by atoms with Crippen LogP contribution < -0.4 is 20.1 Å². The fourth-order valence-electron chi connectivity index (χ4n) is 4.34. The van der Waals surface area contributed by atoms with E-state index in [2.05, 4.69) is 22.1 Å². The first-order chi connectivity index (χ1) is 17.7. The van der Waals surface area contributed by atoms with Crippen molar-refractivity contribution < 1.29 is 24.4 Å². The van der Waals surface area contributed by atoms with Gasteiger partial charge in [0.05, 0.1) is 43.6 Å². The van der Waals surface area contributed by atoms with Gasteiger partial charge in [0.2, 0.25) is 5.95 Å². The summed E-state index contributed by atoms with van der Waals surface area (Å²) in [6.07, 6.45) is 3.09. The molecule has 1 aliphatic heterocycles. The van der Waals surface area contributed by atoms with Gasteiger partial charge < -0.3 is 35.1 Å². The molecule has 2 aromatic carbocycles. The number of hydrogen-bond acceptors (Lipinski definition) is 8. The smallest absolute Gasteiger partial charge is 0.206 e. The first-order valence-electron chi connectivity index (χ1n) is 12.9. The number of aliphatic hydroxyl groups excluding tert-OH is 2. The molecule has 2 heterocycles. The van der Waals surface area contributed by atoms with Gasteiger partial charge in [-0.3, -0.25) is 4.57 Å². The molecule has 0 spiro atoms. The molecule has 9 nitrogen and oxygen atoms in total. The van der Waals surface area contributed by atoms with E-state index in [-0.39, 0.29) is 25.5 Å². The van der Waals surface area contributed by atoms with Crippen LogP contribution in [0.3, 0.4) is 0 Å². The zero-order chi connectivity index (χ0) is 25.2. The number of ether oxygens (including phenoxy) is 3. The summed E-state index contributed by atoms with van der Waals surface area (Å²) in [5, 5.41) is 25.1. The van der Waals surface area contributed by atoms with Gasteiger partial charge in [-0.2, -0.15) is 0 Å². The van der Waals surface area contributed by atoms with Crippen LogP contribution in [0.15, 0.2) is 42.5 Å². The molecule has 1 aliphatic rings. The van der Waals surface area contributed by atoms with Crippen molar-refractivity contribution in [1.82, 2.24) is 14.9 Å². The van der Waals surface area contributed by atoms with Gasteiger partial charge in [0.25, 0.3) is 0 Å². The minimum atomic E-state index is -0.166. The first-order valence-corrected chi connectivity index (χ1v) is 12.9. The van der Waals surface area contributed by atoms with Crippen LogP contribution >= 0.6 is 0 Å². The number of benzene rings is 2. The highest BCUT2D eigenvalue weighted by Crippen LogP contribution is 2.35. The number of imidazole rings is 1. The second-order valence-electron chi connectivity index (χ2n) is 8.93. The highest BCUT2D eigenvalue weighted by Gasteiger charge is 2.29. The standard InChI is InChI=1S/C27H38N4O5/c1-2-15-34-24-10-8-20(17-25(24)35-16-5-12-28-13-14-32)18-29-27-30-22-6-3-4-7-23(22)31(27)26-11-9-21(19-33)36-26/h3-4,6-8,10,17,21,26,28,32-33H,2,5,9,11-16,18-19H2,1H3,(H,29,30)/t21-,26+/m0/s1. The third-order valence-corrected chi connectivity index (χ3v) is 6.14. The average molecular weight is 499 g/mol.